The summed E-state index contributed by atoms with van der Waals surface area (Å²) < 4.78 is 108. The summed E-state index contributed by atoms with van der Waals surface area (Å²) in [5, 5.41) is 7.19. The van der Waals surface area contributed by atoms with Crippen molar-refractivity contribution in [3.63, 3.8) is 0 Å². The Bertz CT molecular complexity index is 177. The lowest BCUT2D eigenvalue weighted by Crippen LogP contribution is -2.41. The van der Waals surface area contributed by atoms with Crippen LogP contribution in [-0.4, -0.2) is 36.9 Å². The van der Waals surface area contributed by atoms with Crippen LogP contribution in [0, 0.1) is 0 Å². The Kier molecular flexibility index (Phi) is 14.2. The van der Waals surface area contributed by atoms with Crippen molar-refractivity contribution in [2.24, 2.45) is 0 Å². The van der Waals surface area contributed by atoms with Crippen LogP contribution in [0.1, 0.15) is 20.8 Å². The van der Waals surface area contributed by atoms with Crippen molar-refractivity contribution in [3.05, 3.63) is 0 Å². The molecule has 0 aromatic rings. The van der Waals surface area contributed by atoms with E-state index in [1.54, 1.807) is 0 Å². The molecule has 11 heteroatoms. The van der Waals surface area contributed by atoms with Crippen LogP contribution in [0.3, 0.4) is 0 Å². The molecule has 0 heterocycles. The molecule has 0 fully saturated rings. The van der Waals surface area contributed by atoms with Gasteiger partial charge in [-0.25, -0.2) is 4.39 Å². The molecule has 1 N–H and O–H groups in total. The Morgan fingerprint density at radius 3 is 1.11 bits per heavy atom. The second-order valence-electron chi connectivity index (χ2n) is 2.46. The zero-order chi connectivity index (χ0) is 15.8. The van der Waals surface area contributed by atoms with Crippen LogP contribution in [0.15, 0.2) is 0 Å². The van der Waals surface area contributed by atoms with E-state index in [0.717, 1.165) is 6.92 Å². The first-order valence-electron chi connectivity index (χ1n) is 3.97. The second-order valence-corrected chi connectivity index (χ2v) is 2.46. The lowest BCUT2D eigenvalue weighted by Gasteiger charge is -2.16. The Morgan fingerprint density at radius 1 is 0.895 bits per heavy atom. The monoisotopic (exact) mass is 316 g/mol. The minimum Gasteiger partial charge on any atom is -0.334 e. The van der Waals surface area contributed by atoms with Gasteiger partial charge in [0.05, 0.1) is 7.18 Å². The molecule has 0 aliphatic heterocycles. The Morgan fingerprint density at radius 2 is 1.11 bits per heavy atom. The predicted molar refractivity (Wildman–Crippen MR) is 48.2 cm³/mol. The third-order valence-electron chi connectivity index (χ3n) is 0.993. The maximum Gasteiger partial charge on any atom is 0.428 e. The van der Waals surface area contributed by atoms with Gasteiger partial charge in [0.15, 0.2) is 0 Å². The van der Waals surface area contributed by atoms with Gasteiger partial charge in [-0.2, -0.15) is 35.1 Å². The van der Waals surface area contributed by atoms with Gasteiger partial charge in [0.25, 0.3) is 6.17 Å². The van der Waals surface area contributed by atoms with E-state index >= 15 is 0 Å². The maximum absolute atomic E-state index is 11.3. The third-order valence-corrected chi connectivity index (χ3v) is 0.993. The first-order valence-corrected chi connectivity index (χ1v) is 3.97. The Balaban J connectivity index is -0.000000108. The normalized spacial score (nSPS) is 13.1. The van der Waals surface area contributed by atoms with E-state index in [9.17, 15) is 43.9 Å². The molecule has 19 heavy (non-hydrogen) atoms. The first kappa shape index (κ1) is 26.8. The van der Waals surface area contributed by atoms with Gasteiger partial charge in [-0.05, 0) is 0 Å². The average Bonchev–Trinajstić information content (AvgIpc) is 2.17. The summed E-state index contributed by atoms with van der Waals surface area (Å²) in [6.07, 6.45) is -20.3. The largest absolute Gasteiger partial charge is 0.428 e. The van der Waals surface area contributed by atoms with Gasteiger partial charge in [0.2, 0.25) is 0 Å². The van der Waals surface area contributed by atoms with E-state index in [1.165, 1.54) is 0 Å². The van der Waals surface area contributed by atoms with E-state index in [1.807, 2.05) is 0 Å². The molecule has 0 spiro atoms. The molecular weight excluding hydrogens is 302 g/mol. The van der Waals surface area contributed by atoms with Gasteiger partial charge in [0.1, 0.15) is 0 Å². The Labute approximate surface area is 103 Å². The summed E-state index contributed by atoms with van der Waals surface area (Å²) in [5.41, 5.74) is 0. The number of halogens is 10. The number of hydrogen-bond acceptors (Lipinski definition) is 1. The lowest BCUT2D eigenvalue weighted by molar-refractivity contribution is -0.317. The number of rotatable bonds is 1. The molecule has 0 aliphatic carbocycles. The van der Waals surface area contributed by atoms with E-state index in [4.69, 9.17) is 5.11 Å². The highest BCUT2D eigenvalue weighted by Gasteiger charge is 2.56. The number of aliphatic hydroxyl groups is 1. The van der Waals surface area contributed by atoms with Crippen LogP contribution in [0.2, 0.25) is 0 Å². The van der Waals surface area contributed by atoms with E-state index in [-0.39, 0.29) is 7.43 Å². The van der Waals surface area contributed by atoms with E-state index in [2.05, 4.69) is 0 Å². The van der Waals surface area contributed by atoms with Crippen molar-refractivity contribution < 1.29 is 49.0 Å². The van der Waals surface area contributed by atoms with Gasteiger partial charge in [-0.15, -0.1) is 0 Å². The van der Waals surface area contributed by atoms with Crippen molar-refractivity contribution in [3.8, 4) is 0 Å². The summed E-state index contributed by atoms with van der Waals surface area (Å²) in [5.74, 6) is 0. The summed E-state index contributed by atoms with van der Waals surface area (Å²) in [7, 11) is 0.500. The molecule has 1 atom stereocenters. The van der Waals surface area contributed by atoms with Gasteiger partial charge >= 0.3 is 18.5 Å². The van der Waals surface area contributed by atoms with Gasteiger partial charge < -0.3 is 5.11 Å². The van der Waals surface area contributed by atoms with Crippen LogP contribution in [0.4, 0.5) is 43.9 Å². The topological polar surface area (TPSA) is 20.2 Å². The minimum absolute atomic E-state index is 0. The molecule has 0 saturated carbocycles. The van der Waals surface area contributed by atoms with Crippen LogP contribution >= 0.6 is 0 Å². The maximum atomic E-state index is 11.3. The summed E-state index contributed by atoms with van der Waals surface area (Å²) >= 11 is 0. The molecule has 122 valence electrons. The van der Waals surface area contributed by atoms with Crippen molar-refractivity contribution in [1.29, 1.82) is 0 Å². The standard InChI is InChI=1S/C3H2F6O.C3H5F3.CH3F.CH4/c4-1(2(5,6)7)3(8,9)10;1-2-3(4,5)6;1-2;/h1,10H;2H2,1H3;1H3;1H4. The molecule has 0 bridgehead atoms. The average molecular weight is 316 g/mol. The molecule has 0 aromatic heterocycles. The minimum atomic E-state index is -5.72. The molecule has 1 unspecified atom stereocenters. The highest BCUT2D eigenvalue weighted by atomic mass is 19.4. The SMILES string of the molecule is C.CCC(F)(F)F.CF.OC(F)(F)C(F)C(F)(F)F. The zero-order valence-electron chi connectivity index (χ0n) is 9.01. The molecule has 0 aromatic carbocycles. The van der Waals surface area contributed by atoms with Gasteiger partial charge in [-0.1, -0.05) is 14.4 Å². The van der Waals surface area contributed by atoms with Gasteiger partial charge in [0, 0.05) is 6.42 Å². The third kappa shape index (κ3) is 19.8. The number of alkyl halides is 10. The van der Waals surface area contributed by atoms with Crippen LogP contribution < -0.4 is 0 Å². The zero-order valence-corrected chi connectivity index (χ0v) is 9.01. The first-order chi connectivity index (χ1) is 7.72. The van der Waals surface area contributed by atoms with Crippen molar-refractivity contribution >= 4 is 0 Å². The lowest BCUT2D eigenvalue weighted by atomic mass is 10.3. The van der Waals surface area contributed by atoms with Crippen molar-refractivity contribution in [1.82, 2.24) is 0 Å². The molecule has 0 rings (SSSR count). The van der Waals surface area contributed by atoms with Crippen LogP contribution in [0.5, 0.6) is 0 Å². The smallest absolute Gasteiger partial charge is 0.334 e. The van der Waals surface area contributed by atoms with E-state index in [0.29, 0.717) is 7.18 Å². The summed E-state index contributed by atoms with van der Waals surface area (Å²) in [4.78, 5) is 0. The van der Waals surface area contributed by atoms with Crippen LogP contribution in [0.25, 0.3) is 0 Å². The summed E-state index contributed by atoms with van der Waals surface area (Å²) in [6.45, 7) is 1.08. The quantitative estimate of drug-likeness (QED) is 0.698. The predicted octanol–water partition coefficient (Wildman–Crippen LogP) is 4.65. The van der Waals surface area contributed by atoms with Crippen molar-refractivity contribution in [2.75, 3.05) is 7.18 Å². The highest BCUT2D eigenvalue weighted by molar-refractivity contribution is 4.72. The Hall–Kier alpha value is -0.740. The van der Waals surface area contributed by atoms with Crippen molar-refractivity contribution in [2.45, 2.75) is 45.4 Å². The molecule has 0 aliphatic rings. The van der Waals surface area contributed by atoms with E-state index < -0.39 is 31.1 Å². The summed E-state index contributed by atoms with van der Waals surface area (Å²) in [6, 6.07) is 0. The fourth-order valence-electron chi connectivity index (χ4n) is 0.197. The highest BCUT2D eigenvalue weighted by Crippen LogP contribution is 2.32. The molecular formula is C8H14F10O. The number of hydrogen-bond donors (Lipinski definition) is 1. The molecule has 0 saturated heterocycles. The van der Waals surface area contributed by atoms with Gasteiger partial charge in [-0.3, -0.25) is 4.39 Å². The molecule has 1 nitrogen and oxygen atoms in total. The van der Waals surface area contributed by atoms with Crippen LogP contribution in [-0.2, 0) is 0 Å². The fourth-order valence-corrected chi connectivity index (χ4v) is 0.197. The molecule has 0 amide bonds. The fraction of sp³-hybridized carbons (Fsp3) is 1.00. The second kappa shape index (κ2) is 10.1. The molecule has 0 radical (unpaired) electrons.